The van der Waals surface area contributed by atoms with Crippen LogP contribution in [-0.4, -0.2) is 19.2 Å². The van der Waals surface area contributed by atoms with Gasteiger partial charge in [0.05, 0.1) is 4.91 Å². The lowest BCUT2D eigenvalue weighted by Crippen LogP contribution is -1.99. The largest absolute Gasteiger partial charge is 0.351 e. The summed E-state index contributed by atoms with van der Waals surface area (Å²) in [6, 6.07) is 1.94. The predicted octanol–water partition coefficient (Wildman–Crippen LogP) is 1.91. The zero-order valence-electron chi connectivity index (χ0n) is 9.19. The van der Waals surface area contributed by atoms with Gasteiger partial charge in [0.15, 0.2) is 9.84 Å². The standard InChI is InChI=1S/C11H15NO2S/c1-5-10(15(4,13)14)8-11-9(2)6-7-12(11)3/h5-8H,1H2,2-4H3/b10-8+. The highest BCUT2D eigenvalue weighted by molar-refractivity contribution is 7.94. The van der Waals surface area contributed by atoms with Gasteiger partial charge in [0.1, 0.15) is 0 Å². The first-order valence-electron chi connectivity index (χ1n) is 4.52. The van der Waals surface area contributed by atoms with Crippen LogP contribution in [0.4, 0.5) is 0 Å². The van der Waals surface area contributed by atoms with Crippen molar-refractivity contribution in [3.05, 3.63) is 41.1 Å². The Kier molecular flexibility index (Phi) is 3.19. The van der Waals surface area contributed by atoms with Crippen LogP contribution in [0.1, 0.15) is 11.3 Å². The Morgan fingerprint density at radius 3 is 2.47 bits per heavy atom. The van der Waals surface area contributed by atoms with Crippen LogP contribution in [0, 0.1) is 6.92 Å². The Balaban J connectivity index is 3.33. The monoisotopic (exact) mass is 225 g/mol. The molecular weight excluding hydrogens is 210 g/mol. The van der Waals surface area contributed by atoms with Gasteiger partial charge in [-0.1, -0.05) is 12.7 Å². The van der Waals surface area contributed by atoms with Crippen molar-refractivity contribution in [3.8, 4) is 0 Å². The van der Waals surface area contributed by atoms with Crippen LogP contribution in [-0.2, 0) is 16.9 Å². The highest BCUT2D eigenvalue weighted by atomic mass is 32.2. The summed E-state index contributed by atoms with van der Waals surface area (Å²) in [5.74, 6) is 0. The molecule has 4 heteroatoms. The number of sulfone groups is 1. The van der Waals surface area contributed by atoms with Crippen molar-refractivity contribution in [2.24, 2.45) is 7.05 Å². The Labute approximate surface area is 90.7 Å². The molecule has 0 unspecified atom stereocenters. The summed E-state index contributed by atoms with van der Waals surface area (Å²) >= 11 is 0. The number of allylic oxidation sites excluding steroid dienone is 1. The van der Waals surface area contributed by atoms with E-state index in [4.69, 9.17) is 0 Å². The number of aromatic nitrogens is 1. The zero-order chi connectivity index (χ0) is 11.6. The molecule has 15 heavy (non-hydrogen) atoms. The van der Waals surface area contributed by atoms with Gasteiger partial charge < -0.3 is 4.57 Å². The van der Waals surface area contributed by atoms with Gasteiger partial charge in [0, 0.05) is 25.2 Å². The van der Waals surface area contributed by atoms with E-state index in [2.05, 4.69) is 6.58 Å². The Hall–Kier alpha value is -1.29. The van der Waals surface area contributed by atoms with Gasteiger partial charge in [-0.25, -0.2) is 8.42 Å². The summed E-state index contributed by atoms with van der Waals surface area (Å²) < 4.78 is 24.6. The Morgan fingerprint density at radius 2 is 2.13 bits per heavy atom. The van der Waals surface area contributed by atoms with Gasteiger partial charge in [0.2, 0.25) is 0 Å². The van der Waals surface area contributed by atoms with E-state index in [0.717, 1.165) is 11.3 Å². The van der Waals surface area contributed by atoms with Crippen molar-refractivity contribution < 1.29 is 8.42 Å². The van der Waals surface area contributed by atoms with E-state index < -0.39 is 9.84 Å². The van der Waals surface area contributed by atoms with Gasteiger partial charge in [-0.2, -0.15) is 0 Å². The molecule has 0 aliphatic heterocycles. The average Bonchev–Trinajstić information content (AvgIpc) is 2.41. The van der Waals surface area contributed by atoms with E-state index in [1.807, 2.05) is 30.8 Å². The second kappa shape index (κ2) is 4.06. The third kappa shape index (κ3) is 2.59. The lowest BCUT2D eigenvalue weighted by atomic mass is 10.2. The van der Waals surface area contributed by atoms with Gasteiger partial charge in [0.25, 0.3) is 0 Å². The third-order valence-electron chi connectivity index (χ3n) is 2.24. The van der Waals surface area contributed by atoms with Crippen LogP contribution in [0.3, 0.4) is 0 Å². The van der Waals surface area contributed by atoms with Crippen molar-refractivity contribution in [2.45, 2.75) is 6.92 Å². The molecule has 0 amide bonds. The minimum Gasteiger partial charge on any atom is -0.351 e. The maximum Gasteiger partial charge on any atom is 0.175 e. The van der Waals surface area contributed by atoms with Crippen LogP contribution >= 0.6 is 0 Å². The summed E-state index contributed by atoms with van der Waals surface area (Å²) in [4.78, 5) is 0.243. The van der Waals surface area contributed by atoms with Crippen LogP contribution in [0.15, 0.2) is 29.8 Å². The molecule has 1 aromatic rings. The first kappa shape index (κ1) is 11.8. The highest BCUT2D eigenvalue weighted by Gasteiger charge is 2.09. The smallest absolute Gasteiger partial charge is 0.175 e. The maximum absolute atomic E-state index is 11.4. The summed E-state index contributed by atoms with van der Waals surface area (Å²) in [5.41, 5.74) is 1.93. The van der Waals surface area contributed by atoms with Gasteiger partial charge in [-0.15, -0.1) is 0 Å². The molecule has 0 aliphatic rings. The van der Waals surface area contributed by atoms with E-state index >= 15 is 0 Å². The van der Waals surface area contributed by atoms with E-state index in [-0.39, 0.29) is 4.91 Å². The van der Waals surface area contributed by atoms with Crippen LogP contribution in [0.5, 0.6) is 0 Å². The molecule has 0 aliphatic carbocycles. The number of nitrogens with zero attached hydrogens (tertiary/aromatic N) is 1. The van der Waals surface area contributed by atoms with Crippen molar-refractivity contribution in [1.82, 2.24) is 4.57 Å². The number of hydrogen-bond donors (Lipinski definition) is 0. The third-order valence-corrected chi connectivity index (χ3v) is 3.38. The second-order valence-electron chi connectivity index (χ2n) is 3.52. The summed E-state index contributed by atoms with van der Waals surface area (Å²) in [5, 5.41) is 0. The summed E-state index contributed by atoms with van der Waals surface area (Å²) in [6.07, 6.45) is 6.07. The molecule has 3 nitrogen and oxygen atoms in total. The fraction of sp³-hybridized carbons (Fsp3) is 0.273. The molecule has 1 heterocycles. The SMILES string of the molecule is C=C/C(=C\c1c(C)ccn1C)S(C)(=O)=O. The molecule has 0 saturated carbocycles. The molecule has 0 spiro atoms. The predicted molar refractivity (Wildman–Crippen MR) is 63.2 cm³/mol. The quantitative estimate of drug-likeness (QED) is 0.737. The van der Waals surface area contributed by atoms with Gasteiger partial charge >= 0.3 is 0 Å². The van der Waals surface area contributed by atoms with Crippen LogP contribution in [0.2, 0.25) is 0 Å². The number of aryl methyl sites for hydroxylation is 2. The average molecular weight is 225 g/mol. The molecule has 82 valence electrons. The van der Waals surface area contributed by atoms with Crippen molar-refractivity contribution in [3.63, 3.8) is 0 Å². The summed E-state index contributed by atoms with van der Waals surface area (Å²) in [6.45, 7) is 5.45. The molecule has 0 radical (unpaired) electrons. The molecule has 0 bridgehead atoms. The molecule has 1 rings (SSSR count). The first-order chi connectivity index (χ1) is 6.86. The van der Waals surface area contributed by atoms with E-state index in [9.17, 15) is 8.42 Å². The topological polar surface area (TPSA) is 39.1 Å². The number of rotatable bonds is 3. The molecular formula is C11H15NO2S. The minimum atomic E-state index is -3.19. The van der Waals surface area contributed by atoms with E-state index in [1.165, 1.54) is 12.3 Å². The molecule has 0 aromatic carbocycles. The second-order valence-corrected chi connectivity index (χ2v) is 5.53. The lowest BCUT2D eigenvalue weighted by Gasteiger charge is -2.02. The van der Waals surface area contributed by atoms with Gasteiger partial charge in [-0.05, 0) is 24.6 Å². The van der Waals surface area contributed by atoms with E-state index in [0.29, 0.717) is 0 Å². The van der Waals surface area contributed by atoms with Crippen molar-refractivity contribution in [2.75, 3.05) is 6.26 Å². The highest BCUT2D eigenvalue weighted by Crippen LogP contribution is 2.16. The molecule has 1 aromatic heterocycles. The fourth-order valence-electron chi connectivity index (χ4n) is 1.34. The van der Waals surface area contributed by atoms with Crippen LogP contribution < -0.4 is 0 Å². The molecule has 0 N–H and O–H groups in total. The van der Waals surface area contributed by atoms with E-state index in [1.54, 1.807) is 6.08 Å². The minimum absolute atomic E-state index is 0.243. The number of hydrogen-bond acceptors (Lipinski definition) is 2. The Bertz CT molecular complexity index is 487. The van der Waals surface area contributed by atoms with Crippen LogP contribution in [0.25, 0.3) is 6.08 Å². The molecule has 0 fully saturated rings. The Morgan fingerprint density at radius 1 is 1.53 bits per heavy atom. The fourth-order valence-corrected chi connectivity index (χ4v) is 1.96. The zero-order valence-corrected chi connectivity index (χ0v) is 10.0. The maximum atomic E-state index is 11.4. The molecule has 0 saturated heterocycles. The lowest BCUT2D eigenvalue weighted by molar-refractivity contribution is 0.608. The normalized spacial score (nSPS) is 12.9. The van der Waals surface area contributed by atoms with Crippen molar-refractivity contribution >= 4 is 15.9 Å². The van der Waals surface area contributed by atoms with Crippen molar-refractivity contribution in [1.29, 1.82) is 0 Å². The molecule has 0 atom stereocenters. The first-order valence-corrected chi connectivity index (χ1v) is 6.41. The summed E-state index contributed by atoms with van der Waals surface area (Å²) in [7, 11) is -1.32. The van der Waals surface area contributed by atoms with Gasteiger partial charge in [-0.3, -0.25) is 0 Å².